The van der Waals surface area contributed by atoms with Crippen LogP contribution in [0.4, 0.5) is 4.79 Å². The van der Waals surface area contributed by atoms with Gasteiger partial charge in [0.1, 0.15) is 23.4 Å². The van der Waals surface area contributed by atoms with Crippen LogP contribution in [0.25, 0.3) is 0 Å². The standard InChI is InChI=1S/C29H40N4O6/c1-6-19(2)33(27(37)23(15-16-24(30)35)32-28(38)39-29(3,4)5)25(21-13-10-14-22(34)17-21)26(36)31-18-20-11-8-7-9-12-20/h7-14,17,19,23,25,34H,6,15-16,18H2,1-5H3,(H2,30,35)(H,31,36)(H,32,38). The average molecular weight is 541 g/mol. The first kappa shape index (κ1) is 31.1. The first-order chi connectivity index (χ1) is 18.3. The molecule has 5 N–H and O–H groups in total. The van der Waals surface area contributed by atoms with Gasteiger partial charge in [0.2, 0.25) is 17.7 Å². The molecule has 10 nitrogen and oxygen atoms in total. The minimum Gasteiger partial charge on any atom is -0.508 e. The fraction of sp³-hybridized carbons (Fsp3) is 0.448. The van der Waals surface area contributed by atoms with Crippen LogP contribution in [0, 0.1) is 0 Å². The number of nitrogens with zero attached hydrogens (tertiary/aromatic N) is 1. The molecule has 2 aromatic carbocycles. The first-order valence-corrected chi connectivity index (χ1v) is 13.0. The molecule has 3 atom stereocenters. The Kier molecular flexibility index (Phi) is 11.3. The number of primary amides is 1. The van der Waals surface area contributed by atoms with Gasteiger partial charge in [-0.1, -0.05) is 49.4 Å². The van der Waals surface area contributed by atoms with E-state index in [1.165, 1.54) is 17.0 Å². The van der Waals surface area contributed by atoms with Crippen molar-refractivity contribution >= 4 is 23.8 Å². The van der Waals surface area contributed by atoms with Crippen LogP contribution in [0.3, 0.4) is 0 Å². The molecular formula is C29H40N4O6. The van der Waals surface area contributed by atoms with Gasteiger partial charge in [0.25, 0.3) is 0 Å². The molecule has 0 aliphatic heterocycles. The summed E-state index contributed by atoms with van der Waals surface area (Å²) >= 11 is 0. The number of hydrogen-bond donors (Lipinski definition) is 4. The van der Waals surface area contributed by atoms with Crippen molar-refractivity contribution < 1.29 is 29.0 Å². The number of aromatic hydroxyl groups is 1. The summed E-state index contributed by atoms with van der Waals surface area (Å²) in [4.78, 5) is 53.4. The third kappa shape index (κ3) is 9.96. The summed E-state index contributed by atoms with van der Waals surface area (Å²) in [6, 6.07) is 12.7. The Morgan fingerprint density at radius 2 is 1.72 bits per heavy atom. The SMILES string of the molecule is CCC(C)N(C(=O)C(CCC(N)=O)NC(=O)OC(C)(C)C)C(C(=O)NCc1ccccc1)c1cccc(O)c1. The summed E-state index contributed by atoms with van der Waals surface area (Å²) in [5.41, 5.74) is 5.78. The summed E-state index contributed by atoms with van der Waals surface area (Å²) in [6.07, 6.45) is -0.602. The third-order valence-corrected chi connectivity index (χ3v) is 6.01. The van der Waals surface area contributed by atoms with Gasteiger partial charge in [-0.15, -0.1) is 0 Å². The van der Waals surface area contributed by atoms with Crippen molar-refractivity contribution in [2.75, 3.05) is 0 Å². The van der Waals surface area contributed by atoms with E-state index in [-0.39, 0.29) is 25.1 Å². The zero-order valence-corrected chi connectivity index (χ0v) is 23.3. The largest absolute Gasteiger partial charge is 0.508 e. The van der Waals surface area contributed by atoms with Gasteiger partial charge in [-0.05, 0) is 63.8 Å². The minimum absolute atomic E-state index is 0.0675. The normalized spacial score (nSPS) is 13.5. The topological polar surface area (TPSA) is 151 Å². The van der Waals surface area contributed by atoms with Gasteiger partial charge >= 0.3 is 6.09 Å². The van der Waals surface area contributed by atoms with E-state index in [1.54, 1.807) is 39.8 Å². The molecule has 0 aromatic heterocycles. The molecule has 212 valence electrons. The first-order valence-electron chi connectivity index (χ1n) is 13.0. The molecule has 3 unspecified atom stereocenters. The monoisotopic (exact) mass is 540 g/mol. The molecule has 0 saturated carbocycles. The number of nitrogens with one attached hydrogen (secondary N) is 2. The number of phenolic OH excluding ortho intramolecular Hbond substituents is 1. The molecular weight excluding hydrogens is 500 g/mol. The second kappa shape index (κ2) is 14.2. The van der Waals surface area contributed by atoms with Crippen molar-refractivity contribution in [2.24, 2.45) is 5.73 Å². The smallest absolute Gasteiger partial charge is 0.408 e. The Labute approximate surface area is 229 Å². The predicted molar refractivity (Wildman–Crippen MR) is 147 cm³/mol. The molecule has 0 radical (unpaired) electrons. The Morgan fingerprint density at radius 1 is 1.05 bits per heavy atom. The van der Waals surface area contributed by atoms with Crippen LogP contribution in [0.15, 0.2) is 54.6 Å². The van der Waals surface area contributed by atoms with Gasteiger partial charge in [-0.3, -0.25) is 14.4 Å². The van der Waals surface area contributed by atoms with Crippen LogP contribution in [0.1, 0.15) is 71.0 Å². The number of carbonyl (C=O) groups is 4. The zero-order valence-electron chi connectivity index (χ0n) is 23.3. The fourth-order valence-electron chi connectivity index (χ4n) is 3.98. The van der Waals surface area contributed by atoms with Gasteiger partial charge < -0.3 is 31.1 Å². The third-order valence-electron chi connectivity index (χ3n) is 6.01. The molecule has 2 aromatic rings. The van der Waals surface area contributed by atoms with Crippen molar-refractivity contribution in [3.8, 4) is 5.75 Å². The highest BCUT2D eigenvalue weighted by atomic mass is 16.6. The lowest BCUT2D eigenvalue weighted by Crippen LogP contribution is -2.55. The molecule has 10 heteroatoms. The van der Waals surface area contributed by atoms with Crippen molar-refractivity contribution in [2.45, 2.75) is 84.2 Å². The van der Waals surface area contributed by atoms with E-state index in [1.807, 2.05) is 37.3 Å². The minimum atomic E-state index is -1.19. The van der Waals surface area contributed by atoms with Crippen LogP contribution >= 0.6 is 0 Å². The maximum Gasteiger partial charge on any atom is 0.408 e. The zero-order chi connectivity index (χ0) is 29.2. The summed E-state index contributed by atoms with van der Waals surface area (Å²) in [5, 5.41) is 15.6. The number of nitrogens with two attached hydrogens (primary N) is 1. The summed E-state index contributed by atoms with van der Waals surface area (Å²) in [5.74, 6) is -1.76. The highest BCUT2D eigenvalue weighted by Crippen LogP contribution is 2.29. The van der Waals surface area contributed by atoms with Gasteiger partial charge in [-0.25, -0.2) is 4.79 Å². The maximum absolute atomic E-state index is 14.1. The van der Waals surface area contributed by atoms with Crippen molar-refractivity contribution in [3.05, 3.63) is 65.7 Å². The summed E-state index contributed by atoms with van der Waals surface area (Å²) in [7, 11) is 0. The highest BCUT2D eigenvalue weighted by Gasteiger charge is 2.38. The maximum atomic E-state index is 14.1. The molecule has 0 spiro atoms. The van der Waals surface area contributed by atoms with E-state index >= 15 is 0 Å². The van der Waals surface area contributed by atoms with E-state index in [2.05, 4.69) is 10.6 Å². The molecule has 0 bridgehead atoms. The van der Waals surface area contributed by atoms with Gasteiger partial charge in [0.15, 0.2) is 0 Å². The highest BCUT2D eigenvalue weighted by molar-refractivity contribution is 5.92. The lowest BCUT2D eigenvalue weighted by atomic mass is 9.98. The van der Waals surface area contributed by atoms with Crippen LogP contribution in [0.2, 0.25) is 0 Å². The number of amides is 4. The van der Waals surface area contributed by atoms with Gasteiger partial charge in [-0.2, -0.15) is 0 Å². The molecule has 0 saturated heterocycles. The molecule has 0 aliphatic carbocycles. The Hall–Kier alpha value is -4.08. The van der Waals surface area contributed by atoms with E-state index < -0.39 is 47.5 Å². The van der Waals surface area contributed by atoms with Crippen molar-refractivity contribution in [3.63, 3.8) is 0 Å². The number of alkyl carbamates (subject to hydrolysis) is 1. The summed E-state index contributed by atoms with van der Waals surface area (Å²) < 4.78 is 5.34. The average Bonchev–Trinajstić information content (AvgIpc) is 2.86. The van der Waals surface area contributed by atoms with Crippen LogP contribution in [0.5, 0.6) is 5.75 Å². The van der Waals surface area contributed by atoms with Gasteiger partial charge in [0, 0.05) is 19.0 Å². The number of hydrogen-bond acceptors (Lipinski definition) is 6. The number of benzene rings is 2. The molecule has 0 heterocycles. The van der Waals surface area contributed by atoms with E-state index in [0.29, 0.717) is 12.0 Å². The number of phenols is 1. The fourth-order valence-corrected chi connectivity index (χ4v) is 3.98. The van der Waals surface area contributed by atoms with Crippen LogP contribution < -0.4 is 16.4 Å². The Morgan fingerprint density at radius 3 is 2.28 bits per heavy atom. The molecule has 2 rings (SSSR count). The summed E-state index contributed by atoms with van der Waals surface area (Å²) in [6.45, 7) is 8.94. The molecule has 4 amide bonds. The van der Waals surface area contributed by atoms with E-state index in [4.69, 9.17) is 10.5 Å². The number of carbonyl (C=O) groups excluding carboxylic acids is 4. The second-order valence-corrected chi connectivity index (χ2v) is 10.4. The Balaban J connectivity index is 2.50. The van der Waals surface area contributed by atoms with Crippen LogP contribution in [-0.4, -0.2) is 51.5 Å². The van der Waals surface area contributed by atoms with Crippen molar-refractivity contribution in [1.82, 2.24) is 15.5 Å². The lowest BCUT2D eigenvalue weighted by molar-refractivity contribution is -0.145. The lowest BCUT2D eigenvalue weighted by Gasteiger charge is -2.38. The predicted octanol–water partition coefficient (Wildman–Crippen LogP) is 3.54. The molecule has 39 heavy (non-hydrogen) atoms. The quantitative estimate of drug-likeness (QED) is 0.323. The Bertz CT molecular complexity index is 1130. The van der Waals surface area contributed by atoms with Crippen LogP contribution in [-0.2, 0) is 25.7 Å². The second-order valence-electron chi connectivity index (χ2n) is 10.4. The molecule has 0 aliphatic rings. The van der Waals surface area contributed by atoms with Crippen molar-refractivity contribution in [1.29, 1.82) is 0 Å². The van der Waals surface area contributed by atoms with E-state index in [0.717, 1.165) is 5.56 Å². The number of rotatable bonds is 12. The van der Waals surface area contributed by atoms with Gasteiger partial charge in [0.05, 0.1) is 0 Å². The molecule has 0 fully saturated rings. The number of ether oxygens (including phenoxy) is 1. The van der Waals surface area contributed by atoms with E-state index in [9.17, 15) is 24.3 Å².